The van der Waals surface area contributed by atoms with Gasteiger partial charge in [-0.3, -0.25) is 4.79 Å². The van der Waals surface area contributed by atoms with Gasteiger partial charge in [-0.25, -0.2) is 17.8 Å². The van der Waals surface area contributed by atoms with Gasteiger partial charge in [0, 0.05) is 16.3 Å². The summed E-state index contributed by atoms with van der Waals surface area (Å²) in [5.74, 6) is -0.705. The lowest BCUT2D eigenvalue weighted by atomic mass is 10.1. The molecule has 28 heavy (non-hydrogen) atoms. The topological polar surface area (TPSA) is 81.1 Å². The summed E-state index contributed by atoms with van der Waals surface area (Å²) in [5.41, 5.74) is 4.24. The van der Waals surface area contributed by atoms with Gasteiger partial charge in [0.05, 0.1) is 16.3 Å². The number of carbonyl (C=O) groups excluding carboxylic acids is 1. The van der Waals surface area contributed by atoms with Gasteiger partial charge in [0.25, 0.3) is 15.9 Å². The molecule has 0 spiro atoms. The summed E-state index contributed by atoms with van der Waals surface area (Å²) in [7, 11) is -3.97. The van der Waals surface area contributed by atoms with Crippen LogP contribution in [0.2, 0.25) is 5.02 Å². The van der Waals surface area contributed by atoms with E-state index in [1.807, 2.05) is 18.5 Å². The summed E-state index contributed by atoms with van der Waals surface area (Å²) in [6.07, 6.45) is 0.890. The zero-order valence-electron chi connectivity index (χ0n) is 15.7. The van der Waals surface area contributed by atoms with Crippen molar-refractivity contribution in [2.75, 3.05) is 0 Å². The van der Waals surface area contributed by atoms with Crippen molar-refractivity contribution in [2.45, 2.75) is 32.1 Å². The van der Waals surface area contributed by atoms with Crippen molar-refractivity contribution in [1.29, 1.82) is 0 Å². The molecule has 3 aromatic rings. The first kappa shape index (κ1) is 20.1. The Hall–Kier alpha value is -2.64. The van der Waals surface area contributed by atoms with Gasteiger partial charge in [-0.2, -0.15) is 5.10 Å². The molecule has 3 rings (SSSR count). The highest BCUT2D eigenvalue weighted by molar-refractivity contribution is 7.90. The van der Waals surface area contributed by atoms with Gasteiger partial charge in [-0.1, -0.05) is 18.5 Å². The summed E-state index contributed by atoms with van der Waals surface area (Å²) in [4.78, 5) is 12.4. The molecule has 146 valence electrons. The molecule has 0 aliphatic carbocycles. The molecule has 0 aliphatic heterocycles. The van der Waals surface area contributed by atoms with E-state index in [4.69, 9.17) is 11.6 Å². The lowest BCUT2D eigenvalue weighted by Gasteiger charge is -2.09. The maximum atomic E-state index is 12.4. The number of sulfonamides is 1. The summed E-state index contributed by atoms with van der Waals surface area (Å²) in [5, 5.41) is 4.95. The van der Waals surface area contributed by atoms with Gasteiger partial charge in [-0.15, -0.1) is 0 Å². The minimum atomic E-state index is -3.97. The fourth-order valence-electron chi connectivity index (χ4n) is 3.05. The minimum Gasteiger partial charge on any atom is -0.268 e. The Balaban J connectivity index is 1.81. The molecule has 0 bridgehead atoms. The van der Waals surface area contributed by atoms with E-state index < -0.39 is 15.9 Å². The summed E-state index contributed by atoms with van der Waals surface area (Å²) < 4.78 is 28.6. The van der Waals surface area contributed by atoms with Gasteiger partial charge in [-0.05, 0) is 74.4 Å². The third kappa shape index (κ3) is 3.95. The molecule has 0 aliphatic rings. The van der Waals surface area contributed by atoms with Crippen LogP contribution in [0.5, 0.6) is 0 Å². The number of hydrogen-bond acceptors (Lipinski definition) is 4. The van der Waals surface area contributed by atoms with Crippen molar-refractivity contribution < 1.29 is 13.2 Å². The van der Waals surface area contributed by atoms with Crippen LogP contribution in [0.25, 0.3) is 5.69 Å². The number of aromatic nitrogens is 2. The van der Waals surface area contributed by atoms with Gasteiger partial charge < -0.3 is 0 Å². The molecular formula is C20H20ClN3O3S. The smallest absolute Gasteiger partial charge is 0.264 e. The van der Waals surface area contributed by atoms with E-state index in [0.717, 1.165) is 23.5 Å². The van der Waals surface area contributed by atoms with Crippen LogP contribution < -0.4 is 4.72 Å². The first-order valence-electron chi connectivity index (χ1n) is 8.71. The average molecular weight is 418 g/mol. The van der Waals surface area contributed by atoms with E-state index in [9.17, 15) is 13.2 Å². The highest BCUT2D eigenvalue weighted by Gasteiger charge is 2.19. The van der Waals surface area contributed by atoms with Crippen LogP contribution in [0.1, 0.15) is 34.2 Å². The van der Waals surface area contributed by atoms with Crippen LogP contribution in [0.3, 0.4) is 0 Å². The van der Waals surface area contributed by atoms with Crippen LogP contribution in [0.4, 0.5) is 0 Å². The Morgan fingerprint density at radius 1 is 1.07 bits per heavy atom. The summed E-state index contributed by atoms with van der Waals surface area (Å²) in [6.45, 7) is 6.04. The predicted octanol–water partition coefficient (Wildman–Crippen LogP) is 3.82. The van der Waals surface area contributed by atoms with Crippen molar-refractivity contribution in [1.82, 2.24) is 14.5 Å². The van der Waals surface area contributed by atoms with Crippen molar-refractivity contribution in [3.05, 3.63) is 76.1 Å². The molecule has 1 N–H and O–H groups in total. The molecule has 6 nitrogen and oxygen atoms in total. The van der Waals surface area contributed by atoms with Crippen LogP contribution in [-0.2, 0) is 16.4 Å². The lowest BCUT2D eigenvalue weighted by molar-refractivity contribution is 0.0981. The molecule has 0 radical (unpaired) electrons. The normalized spacial score (nSPS) is 11.4. The summed E-state index contributed by atoms with van der Waals surface area (Å²) >= 11 is 5.77. The van der Waals surface area contributed by atoms with Crippen LogP contribution in [0.15, 0.2) is 53.4 Å². The summed E-state index contributed by atoms with van der Waals surface area (Å²) in [6, 6.07) is 12.2. The maximum absolute atomic E-state index is 12.4. The minimum absolute atomic E-state index is 0.0309. The fraction of sp³-hybridized carbons (Fsp3) is 0.200. The molecule has 0 saturated carbocycles. The van der Waals surface area contributed by atoms with E-state index in [1.165, 1.54) is 29.8 Å². The Kier molecular flexibility index (Phi) is 5.58. The van der Waals surface area contributed by atoms with Gasteiger partial charge in [0.2, 0.25) is 0 Å². The third-order valence-electron chi connectivity index (χ3n) is 4.52. The number of nitrogens with one attached hydrogen (secondary N) is 1. The molecule has 1 amide bonds. The number of carbonyl (C=O) groups is 1. The average Bonchev–Trinajstić information content (AvgIpc) is 2.95. The molecule has 0 unspecified atom stereocenters. The number of amides is 1. The molecule has 0 saturated heterocycles. The predicted molar refractivity (Wildman–Crippen MR) is 109 cm³/mol. The first-order chi connectivity index (χ1) is 13.2. The quantitative estimate of drug-likeness (QED) is 0.684. The molecule has 0 atom stereocenters. The van der Waals surface area contributed by atoms with E-state index >= 15 is 0 Å². The largest absolute Gasteiger partial charge is 0.268 e. The number of hydrogen-bond donors (Lipinski definition) is 1. The number of rotatable bonds is 5. The maximum Gasteiger partial charge on any atom is 0.264 e. The highest BCUT2D eigenvalue weighted by Crippen LogP contribution is 2.19. The number of benzene rings is 2. The van der Waals surface area contributed by atoms with Crippen LogP contribution >= 0.6 is 11.6 Å². The Labute approximate surface area is 169 Å². The second-order valence-electron chi connectivity index (χ2n) is 6.35. The standard InChI is InChI=1S/C20H20ClN3O3S/c1-4-19-13(2)22-24(14(19)3)17-9-5-15(6-10-17)20(25)23-28(26,27)18-11-7-16(21)8-12-18/h5-12H,4H2,1-3H3,(H,23,25). The van der Waals surface area contributed by atoms with Crippen molar-refractivity contribution >= 4 is 27.5 Å². The Morgan fingerprint density at radius 3 is 2.21 bits per heavy atom. The SMILES string of the molecule is CCc1c(C)nn(-c2ccc(C(=O)NS(=O)(=O)c3ccc(Cl)cc3)cc2)c1C. The molecule has 2 aromatic carbocycles. The van der Waals surface area contributed by atoms with E-state index in [2.05, 4.69) is 16.7 Å². The monoisotopic (exact) mass is 417 g/mol. The Bertz CT molecular complexity index is 1120. The first-order valence-corrected chi connectivity index (χ1v) is 10.6. The lowest BCUT2D eigenvalue weighted by Crippen LogP contribution is -2.30. The molecule has 1 heterocycles. The van der Waals surface area contributed by atoms with E-state index in [0.29, 0.717) is 5.02 Å². The van der Waals surface area contributed by atoms with Crippen molar-refractivity contribution in [3.8, 4) is 5.69 Å². The van der Waals surface area contributed by atoms with Gasteiger partial charge >= 0.3 is 0 Å². The Morgan fingerprint density at radius 2 is 1.68 bits per heavy atom. The second kappa shape index (κ2) is 7.77. The molecule has 1 aromatic heterocycles. The van der Waals surface area contributed by atoms with Crippen molar-refractivity contribution in [2.24, 2.45) is 0 Å². The van der Waals surface area contributed by atoms with Crippen LogP contribution in [-0.4, -0.2) is 24.1 Å². The van der Waals surface area contributed by atoms with Gasteiger partial charge in [0.15, 0.2) is 0 Å². The van der Waals surface area contributed by atoms with Gasteiger partial charge in [0.1, 0.15) is 0 Å². The molecular weight excluding hydrogens is 398 g/mol. The number of nitrogens with zero attached hydrogens (tertiary/aromatic N) is 2. The highest BCUT2D eigenvalue weighted by atomic mass is 35.5. The van der Waals surface area contributed by atoms with Crippen molar-refractivity contribution in [3.63, 3.8) is 0 Å². The fourth-order valence-corrected chi connectivity index (χ4v) is 4.15. The third-order valence-corrected chi connectivity index (χ3v) is 6.12. The van der Waals surface area contributed by atoms with E-state index in [1.54, 1.807) is 24.3 Å². The molecule has 0 fully saturated rings. The van der Waals surface area contributed by atoms with Crippen LogP contribution in [0, 0.1) is 13.8 Å². The zero-order chi connectivity index (χ0) is 20.5. The molecule has 8 heteroatoms. The number of halogens is 1. The second-order valence-corrected chi connectivity index (χ2v) is 8.47. The number of aryl methyl sites for hydroxylation is 1. The zero-order valence-corrected chi connectivity index (χ0v) is 17.3. The van der Waals surface area contributed by atoms with E-state index in [-0.39, 0.29) is 10.5 Å².